The highest BCUT2D eigenvalue weighted by molar-refractivity contribution is 5.97. The van der Waals surface area contributed by atoms with E-state index in [0.29, 0.717) is 13.1 Å². The Balaban J connectivity index is 1.54. The summed E-state index contributed by atoms with van der Waals surface area (Å²) in [5, 5.41) is 15.8. The number of likely N-dealkylation sites (tertiary alicyclic amines) is 1. The van der Waals surface area contributed by atoms with Crippen LogP contribution < -0.4 is 10.6 Å². The largest absolute Gasteiger partial charge is 0.444 e. The molecule has 1 aliphatic carbocycles. The van der Waals surface area contributed by atoms with Gasteiger partial charge in [0.2, 0.25) is 0 Å². The van der Waals surface area contributed by atoms with E-state index in [1.165, 1.54) is 30.2 Å². The second-order valence-electron chi connectivity index (χ2n) is 10.2. The summed E-state index contributed by atoms with van der Waals surface area (Å²) in [6.45, 7) is 8.75. The van der Waals surface area contributed by atoms with Crippen LogP contribution in [0.15, 0.2) is 30.0 Å². The monoisotopic (exact) mass is 466 g/mol. The molecule has 2 aliphatic rings. The van der Waals surface area contributed by atoms with E-state index in [2.05, 4.69) is 28.8 Å². The molecule has 1 saturated heterocycles. The minimum Gasteiger partial charge on any atom is -0.444 e. The maximum Gasteiger partial charge on any atom is 0.410 e. The Kier molecular flexibility index (Phi) is 8.60. The number of fused-ring (bicyclic) bond motifs is 1. The number of hydrogen-bond donors (Lipinski definition) is 2. The molecule has 1 heterocycles. The number of carbonyl (C=O) groups is 2. The van der Waals surface area contributed by atoms with E-state index >= 15 is 0 Å². The number of piperidine rings is 1. The number of ether oxygens (including phenoxy) is 1. The molecule has 1 unspecified atom stereocenters. The first-order valence-electron chi connectivity index (χ1n) is 12.5. The number of nitriles is 1. The fraction of sp³-hybridized carbons (Fsp3) is 0.593. The lowest BCUT2D eigenvalue weighted by Crippen LogP contribution is -2.45. The van der Waals surface area contributed by atoms with Gasteiger partial charge in [-0.1, -0.05) is 25.1 Å². The fourth-order valence-electron chi connectivity index (χ4n) is 4.53. The molecule has 0 bridgehead atoms. The van der Waals surface area contributed by atoms with E-state index in [-0.39, 0.29) is 29.7 Å². The minimum atomic E-state index is -0.514. The van der Waals surface area contributed by atoms with Crippen molar-refractivity contribution in [2.45, 2.75) is 90.3 Å². The number of aryl methyl sites for hydroxylation is 2. The van der Waals surface area contributed by atoms with Crippen LogP contribution in [0, 0.1) is 11.3 Å². The Labute approximate surface area is 203 Å². The van der Waals surface area contributed by atoms with E-state index in [0.717, 1.165) is 37.7 Å². The molecule has 7 heteroatoms. The van der Waals surface area contributed by atoms with Crippen molar-refractivity contribution in [2.75, 3.05) is 13.1 Å². The highest BCUT2D eigenvalue weighted by atomic mass is 16.6. The number of amides is 2. The van der Waals surface area contributed by atoms with E-state index in [1.54, 1.807) is 4.90 Å². The predicted octanol–water partition coefficient (Wildman–Crippen LogP) is 4.53. The van der Waals surface area contributed by atoms with Crippen molar-refractivity contribution >= 4 is 12.0 Å². The molecule has 2 N–H and O–H groups in total. The Morgan fingerprint density at radius 1 is 1.21 bits per heavy atom. The van der Waals surface area contributed by atoms with Gasteiger partial charge in [0.15, 0.2) is 0 Å². The zero-order valence-electron chi connectivity index (χ0n) is 20.9. The summed E-state index contributed by atoms with van der Waals surface area (Å²) in [5.74, 6) is -0.370. The van der Waals surface area contributed by atoms with Crippen LogP contribution in [-0.2, 0) is 22.4 Å². The summed E-state index contributed by atoms with van der Waals surface area (Å²) in [6, 6.07) is 8.50. The zero-order valence-corrected chi connectivity index (χ0v) is 20.9. The standard InChI is InChI=1S/C27H38N4O3/c1-5-24(21-11-10-19-8-6-7-9-20(19)16-21)30-25(32)22(17-28)18-29-23-12-14-31(15-13-23)26(33)34-27(2,3)4/h10-11,16,18,23-24,29H,5-9,12-15H2,1-4H3,(H,30,32)/b22-18-. The first-order valence-corrected chi connectivity index (χ1v) is 12.5. The molecule has 0 aromatic heterocycles. The van der Waals surface area contributed by atoms with E-state index in [4.69, 9.17) is 4.74 Å². The Morgan fingerprint density at radius 2 is 1.88 bits per heavy atom. The third-order valence-corrected chi connectivity index (χ3v) is 6.46. The van der Waals surface area contributed by atoms with E-state index < -0.39 is 5.60 Å². The molecule has 3 rings (SSSR count). The third-order valence-electron chi connectivity index (χ3n) is 6.46. The molecule has 0 saturated carbocycles. The molecular weight excluding hydrogens is 428 g/mol. The second kappa shape index (κ2) is 11.4. The summed E-state index contributed by atoms with van der Waals surface area (Å²) in [5.41, 5.74) is 3.43. The lowest BCUT2D eigenvalue weighted by atomic mass is 9.88. The van der Waals surface area contributed by atoms with Crippen molar-refractivity contribution in [1.29, 1.82) is 5.26 Å². The van der Waals surface area contributed by atoms with Crippen molar-refractivity contribution < 1.29 is 14.3 Å². The zero-order chi connectivity index (χ0) is 24.7. The maximum atomic E-state index is 12.8. The van der Waals surface area contributed by atoms with Crippen LogP contribution in [0.25, 0.3) is 0 Å². The average molecular weight is 467 g/mol. The molecule has 1 aromatic carbocycles. The van der Waals surface area contributed by atoms with E-state index in [9.17, 15) is 14.9 Å². The SMILES string of the molecule is CCC(NC(=O)/C(C#N)=C\NC1CCN(C(=O)OC(C)(C)C)CC1)c1ccc2c(c1)CCCC2. The van der Waals surface area contributed by atoms with Crippen LogP contribution >= 0.6 is 0 Å². The van der Waals surface area contributed by atoms with Crippen LogP contribution in [-0.4, -0.2) is 41.6 Å². The van der Waals surface area contributed by atoms with Crippen LogP contribution in [0.1, 0.15) is 82.5 Å². The Morgan fingerprint density at radius 3 is 2.50 bits per heavy atom. The smallest absolute Gasteiger partial charge is 0.410 e. The molecule has 1 atom stereocenters. The molecule has 1 aromatic rings. The summed E-state index contributed by atoms with van der Waals surface area (Å²) < 4.78 is 5.43. The van der Waals surface area contributed by atoms with Crippen LogP contribution in [0.3, 0.4) is 0 Å². The van der Waals surface area contributed by atoms with Crippen molar-refractivity contribution in [2.24, 2.45) is 0 Å². The van der Waals surface area contributed by atoms with Gasteiger partial charge in [0.25, 0.3) is 5.91 Å². The number of hydrogen-bond acceptors (Lipinski definition) is 5. The lowest BCUT2D eigenvalue weighted by Gasteiger charge is -2.33. The van der Waals surface area contributed by atoms with Gasteiger partial charge < -0.3 is 20.3 Å². The number of nitrogens with one attached hydrogen (secondary N) is 2. The second-order valence-corrected chi connectivity index (χ2v) is 10.2. The van der Waals surface area contributed by atoms with Crippen molar-refractivity contribution in [3.05, 3.63) is 46.7 Å². The van der Waals surface area contributed by atoms with Crippen molar-refractivity contribution in [1.82, 2.24) is 15.5 Å². The Bertz CT molecular complexity index is 950. The first kappa shape index (κ1) is 25.6. The average Bonchev–Trinajstić information content (AvgIpc) is 2.82. The van der Waals surface area contributed by atoms with Gasteiger partial charge in [0.1, 0.15) is 17.2 Å². The molecule has 34 heavy (non-hydrogen) atoms. The summed E-state index contributed by atoms with van der Waals surface area (Å²) >= 11 is 0. The van der Waals surface area contributed by atoms with Gasteiger partial charge >= 0.3 is 6.09 Å². The predicted molar refractivity (Wildman–Crippen MR) is 132 cm³/mol. The van der Waals surface area contributed by atoms with E-state index in [1.807, 2.05) is 33.8 Å². The minimum absolute atomic E-state index is 0.0611. The number of rotatable bonds is 6. The fourth-order valence-corrected chi connectivity index (χ4v) is 4.53. The molecule has 1 fully saturated rings. The number of carbonyl (C=O) groups excluding carboxylic acids is 2. The van der Waals surface area contributed by atoms with Gasteiger partial charge in [-0.3, -0.25) is 4.79 Å². The van der Waals surface area contributed by atoms with Gasteiger partial charge in [0, 0.05) is 25.3 Å². The molecule has 0 radical (unpaired) electrons. The highest BCUT2D eigenvalue weighted by Crippen LogP contribution is 2.26. The topological polar surface area (TPSA) is 94.5 Å². The molecule has 7 nitrogen and oxygen atoms in total. The maximum absolute atomic E-state index is 12.8. The van der Waals surface area contributed by atoms with Gasteiger partial charge in [-0.15, -0.1) is 0 Å². The molecule has 0 spiro atoms. The normalized spacial score (nSPS) is 17.9. The van der Waals surface area contributed by atoms with Gasteiger partial charge in [-0.05, 0) is 82.4 Å². The van der Waals surface area contributed by atoms with Crippen LogP contribution in [0.4, 0.5) is 4.79 Å². The number of nitrogens with zero attached hydrogens (tertiary/aromatic N) is 2. The summed E-state index contributed by atoms with van der Waals surface area (Å²) in [4.78, 5) is 26.8. The summed E-state index contributed by atoms with van der Waals surface area (Å²) in [6.07, 6.45) is 8.09. The molecule has 184 valence electrons. The quantitative estimate of drug-likeness (QED) is 0.474. The molecule has 1 aliphatic heterocycles. The Hall–Kier alpha value is -3.01. The summed E-state index contributed by atoms with van der Waals surface area (Å²) in [7, 11) is 0. The van der Waals surface area contributed by atoms with Gasteiger partial charge in [0.05, 0.1) is 6.04 Å². The molecular formula is C27H38N4O3. The lowest BCUT2D eigenvalue weighted by molar-refractivity contribution is -0.117. The number of benzene rings is 1. The first-order chi connectivity index (χ1) is 16.2. The van der Waals surface area contributed by atoms with Gasteiger partial charge in [-0.25, -0.2) is 4.79 Å². The molecule has 2 amide bonds. The van der Waals surface area contributed by atoms with Gasteiger partial charge in [-0.2, -0.15) is 5.26 Å². The van der Waals surface area contributed by atoms with Crippen molar-refractivity contribution in [3.8, 4) is 6.07 Å². The van der Waals surface area contributed by atoms with Crippen LogP contribution in [0.5, 0.6) is 0 Å². The van der Waals surface area contributed by atoms with Crippen LogP contribution in [0.2, 0.25) is 0 Å². The van der Waals surface area contributed by atoms with Crippen molar-refractivity contribution in [3.63, 3.8) is 0 Å². The third kappa shape index (κ3) is 6.99. The highest BCUT2D eigenvalue weighted by Gasteiger charge is 2.27.